The van der Waals surface area contributed by atoms with Crippen LogP contribution in [0.25, 0.3) is 6.08 Å². The van der Waals surface area contributed by atoms with Gasteiger partial charge in [-0.25, -0.2) is 14.2 Å². The number of cyclic esters (lactones) is 1. The molecule has 0 radical (unpaired) electrons. The van der Waals surface area contributed by atoms with Crippen LogP contribution >= 0.6 is 0 Å². The summed E-state index contributed by atoms with van der Waals surface area (Å²) < 4.78 is 44.9. The van der Waals surface area contributed by atoms with Gasteiger partial charge in [-0.15, -0.1) is 0 Å². The van der Waals surface area contributed by atoms with Crippen molar-refractivity contribution in [2.45, 2.75) is 0 Å². The van der Waals surface area contributed by atoms with Crippen LogP contribution in [-0.4, -0.2) is 26.5 Å². The highest BCUT2D eigenvalue weighted by Crippen LogP contribution is 2.21. The summed E-state index contributed by atoms with van der Waals surface area (Å²) in [7, 11) is -3.60. The highest BCUT2D eigenvalue weighted by atomic mass is 32.2. The third-order valence-corrected chi connectivity index (χ3v) is 3.64. The van der Waals surface area contributed by atoms with Crippen molar-refractivity contribution in [2.75, 3.05) is 6.26 Å². The predicted octanol–water partition coefficient (Wildman–Crippen LogP) is 2.51. The molecule has 25 heavy (non-hydrogen) atoms. The molecule has 3 rings (SSSR count). The number of hydrogen-bond acceptors (Lipinski definition) is 6. The number of rotatable bonds is 4. The second kappa shape index (κ2) is 6.48. The molecule has 8 heteroatoms. The zero-order valence-corrected chi connectivity index (χ0v) is 13.8. The van der Waals surface area contributed by atoms with Crippen LogP contribution in [0.5, 0.6) is 5.75 Å². The van der Waals surface area contributed by atoms with Crippen LogP contribution in [0, 0.1) is 5.82 Å². The Kier molecular flexibility index (Phi) is 4.37. The van der Waals surface area contributed by atoms with E-state index in [9.17, 15) is 17.6 Å². The van der Waals surface area contributed by atoms with E-state index in [-0.39, 0.29) is 17.3 Å². The van der Waals surface area contributed by atoms with E-state index >= 15 is 0 Å². The molecule has 1 heterocycles. The first-order chi connectivity index (χ1) is 11.8. The number of nitrogens with zero attached hydrogens (tertiary/aromatic N) is 1. The molecular formula is C17H12FNO5S. The maximum absolute atomic E-state index is 12.9. The van der Waals surface area contributed by atoms with Gasteiger partial charge in [-0.2, -0.15) is 8.42 Å². The molecule has 0 saturated heterocycles. The van der Waals surface area contributed by atoms with Crippen LogP contribution in [0.3, 0.4) is 0 Å². The van der Waals surface area contributed by atoms with E-state index in [1.807, 2.05) is 0 Å². The van der Waals surface area contributed by atoms with Crippen LogP contribution in [0.4, 0.5) is 4.39 Å². The Bertz CT molecular complexity index is 977. The summed E-state index contributed by atoms with van der Waals surface area (Å²) >= 11 is 0. The normalized spacial score (nSPS) is 15.8. The zero-order valence-electron chi connectivity index (χ0n) is 13.0. The molecule has 0 atom stereocenters. The van der Waals surface area contributed by atoms with E-state index in [0.717, 1.165) is 6.26 Å². The van der Waals surface area contributed by atoms with E-state index in [1.54, 1.807) is 12.1 Å². The number of hydrogen-bond donors (Lipinski definition) is 0. The quantitative estimate of drug-likeness (QED) is 0.475. The highest BCUT2D eigenvalue weighted by molar-refractivity contribution is 7.86. The molecular weight excluding hydrogens is 349 g/mol. The number of aliphatic imine (C=N–C) groups is 1. The first kappa shape index (κ1) is 16.8. The van der Waals surface area contributed by atoms with E-state index in [1.165, 1.54) is 42.5 Å². The number of halogens is 1. The monoisotopic (exact) mass is 361 g/mol. The lowest BCUT2D eigenvalue weighted by Crippen LogP contribution is -2.05. The Balaban J connectivity index is 1.83. The molecule has 1 aliphatic rings. The summed E-state index contributed by atoms with van der Waals surface area (Å²) in [5.74, 6) is -0.779. The van der Waals surface area contributed by atoms with Gasteiger partial charge in [0.25, 0.3) is 0 Å². The first-order valence-corrected chi connectivity index (χ1v) is 8.90. The van der Waals surface area contributed by atoms with Crippen LogP contribution < -0.4 is 4.18 Å². The molecule has 0 aromatic heterocycles. The van der Waals surface area contributed by atoms with Crippen molar-refractivity contribution in [3.8, 4) is 5.75 Å². The average molecular weight is 361 g/mol. The molecule has 0 aliphatic carbocycles. The molecule has 2 aromatic carbocycles. The zero-order chi connectivity index (χ0) is 18.0. The van der Waals surface area contributed by atoms with Crippen LogP contribution in [-0.2, 0) is 19.6 Å². The molecule has 0 amide bonds. The van der Waals surface area contributed by atoms with Crippen molar-refractivity contribution < 1.29 is 26.5 Å². The standard InChI is InChI=1S/C17H12FNO5S/c1-25(21,22)24-14-8-2-11(3-9-14)10-15-17(20)23-16(19-15)12-4-6-13(18)7-5-12/h2-10H,1H3/b15-10+. The Morgan fingerprint density at radius 1 is 1.08 bits per heavy atom. The third-order valence-electron chi connectivity index (χ3n) is 3.14. The fourth-order valence-corrected chi connectivity index (χ4v) is 2.54. The van der Waals surface area contributed by atoms with E-state index < -0.39 is 21.9 Å². The van der Waals surface area contributed by atoms with E-state index in [2.05, 4.69) is 4.99 Å². The van der Waals surface area contributed by atoms with Crippen molar-refractivity contribution in [2.24, 2.45) is 4.99 Å². The van der Waals surface area contributed by atoms with Gasteiger partial charge in [0.05, 0.1) is 6.26 Å². The van der Waals surface area contributed by atoms with Crippen molar-refractivity contribution >= 4 is 28.1 Å². The van der Waals surface area contributed by atoms with Crippen molar-refractivity contribution in [1.29, 1.82) is 0 Å². The largest absolute Gasteiger partial charge is 0.402 e. The van der Waals surface area contributed by atoms with Gasteiger partial charge in [0, 0.05) is 5.56 Å². The third kappa shape index (κ3) is 4.30. The minimum Gasteiger partial charge on any atom is -0.402 e. The smallest absolute Gasteiger partial charge is 0.363 e. The number of carbonyl (C=O) groups excluding carboxylic acids is 1. The van der Waals surface area contributed by atoms with Crippen molar-refractivity contribution in [3.05, 3.63) is 71.2 Å². The Morgan fingerprint density at radius 3 is 2.32 bits per heavy atom. The molecule has 0 spiro atoms. The number of carbonyl (C=O) groups is 1. The lowest BCUT2D eigenvalue weighted by atomic mass is 10.2. The topological polar surface area (TPSA) is 82.0 Å². The molecule has 1 aliphatic heterocycles. The summed E-state index contributed by atoms with van der Waals surface area (Å²) in [6.45, 7) is 0. The molecule has 0 bridgehead atoms. The van der Waals surface area contributed by atoms with E-state index in [4.69, 9.17) is 8.92 Å². The summed E-state index contributed by atoms with van der Waals surface area (Å²) in [5.41, 5.74) is 1.17. The van der Waals surface area contributed by atoms with Gasteiger partial charge < -0.3 is 8.92 Å². The fraction of sp³-hybridized carbons (Fsp3) is 0.0588. The Labute approximate surface area is 143 Å². The van der Waals surface area contributed by atoms with E-state index in [0.29, 0.717) is 11.1 Å². The summed E-state index contributed by atoms with van der Waals surface area (Å²) in [6, 6.07) is 11.5. The van der Waals surface area contributed by atoms with Crippen molar-refractivity contribution in [3.63, 3.8) is 0 Å². The lowest BCUT2D eigenvalue weighted by Gasteiger charge is -2.02. The highest BCUT2D eigenvalue weighted by Gasteiger charge is 2.24. The molecule has 0 saturated carbocycles. The SMILES string of the molecule is CS(=O)(=O)Oc1ccc(/C=C2/N=C(c3ccc(F)cc3)OC2=O)cc1. The first-order valence-electron chi connectivity index (χ1n) is 7.08. The summed E-state index contributed by atoms with van der Waals surface area (Å²) in [5, 5.41) is 0. The van der Waals surface area contributed by atoms with Gasteiger partial charge in [-0.3, -0.25) is 0 Å². The molecule has 0 unspecified atom stereocenters. The molecule has 2 aromatic rings. The Morgan fingerprint density at radius 2 is 1.72 bits per heavy atom. The van der Waals surface area contributed by atoms with Gasteiger partial charge in [0.1, 0.15) is 11.6 Å². The van der Waals surface area contributed by atoms with Crippen LogP contribution in [0.15, 0.2) is 59.2 Å². The minimum atomic E-state index is -3.60. The number of ether oxygens (including phenoxy) is 1. The van der Waals surface area contributed by atoms with Gasteiger partial charge >= 0.3 is 16.1 Å². The van der Waals surface area contributed by atoms with Gasteiger partial charge in [0.2, 0.25) is 5.90 Å². The maximum atomic E-state index is 12.9. The maximum Gasteiger partial charge on any atom is 0.363 e. The predicted molar refractivity (Wildman–Crippen MR) is 88.9 cm³/mol. The van der Waals surface area contributed by atoms with Crippen LogP contribution in [0.1, 0.15) is 11.1 Å². The molecule has 0 fully saturated rings. The van der Waals surface area contributed by atoms with Crippen molar-refractivity contribution in [1.82, 2.24) is 0 Å². The second-order valence-corrected chi connectivity index (χ2v) is 6.77. The summed E-state index contributed by atoms with van der Waals surface area (Å²) in [4.78, 5) is 16.0. The van der Waals surface area contributed by atoms with Crippen LogP contribution in [0.2, 0.25) is 0 Å². The number of benzene rings is 2. The van der Waals surface area contributed by atoms with Gasteiger partial charge in [0.15, 0.2) is 5.70 Å². The van der Waals surface area contributed by atoms with Gasteiger partial charge in [-0.1, -0.05) is 12.1 Å². The molecule has 6 nitrogen and oxygen atoms in total. The Hall–Kier alpha value is -3.00. The summed E-state index contributed by atoms with van der Waals surface area (Å²) in [6.07, 6.45) is 2.44. The second-order valence-electron chi connectivity index (χ2n) is 5.20. The number of esters is 1. The average Bonchev–Trinajstić information content (AvgIpc) is 2.89. The fourth-order valence-electron chi connectivity index (χ4n) is 2.08. The van der Waals surface area contributed by atoms with Gasteiger partial charge in [-0.05, 0) is 48.0 Å². The lowest BCUT2D eigenvalue weighted by molar-refractivity contribution is -0.129. The molecule has 0 N–H and O–H groups in total. The molecule has 128 valence electrons. The minimum absolute atomic E-state index is 0.0797.